The van der Waals surface area contributed by atoms with Crippen molar-refractivity contribution in [3.8, 4) is 0 Å². The fraction of sp³-hybridized carbons (Fsp3) is 0.571. The van der Waals surface area contributed by atoms with Gasteiger partial charge < -0.3 is 5.32 Å². The third-order valence-electron chi connectivity index (χ3n) is 3.66. The highest BCUT2D eigenvalue weighted by atomic mass is 32.2. The summed E-state index contributed by atoms with van der Waals surface area (Å²) in [6, 6.07) is 5.84. The van der Waals surface area contributed by atoms with Crippen LogP contribution < -0.4 is 10.0 Å². The van der Waals surface area contributed by atoms with E-state index in [1.165, 1.54) is 12.1 Å². The molecule has 0 bridgehead atoms. The SMILES string of the molecule is O=S(=O)(CCC1CCNCC1)NCc1ccc(F)cc1. The smallest absolute Gasteiger partial charge is 0.211 e. The van der Waals surface area contributed by atoms with E-state index < -0.39 is 10.0 Å². The van der Waals surface area contributed by atoms with Gasteiger partial charge in [-0.25, -0.2) is 17.5 Å². The van der Waals surface area contributed by atoms with E-state index in [1.807, 2.05) is 0 Å². The molecule has 0 saturated carbocycles. The molecule has 1 aromatic rings. The lowest BCUT2D eigenvalue weighted by Crippen LogP contribution is -2.31. The van der Waals surface area contributed by atoms with Crippen molar-refractivity contribution in [1.82, 2.24) is 10.0 Å². The van der Waals surface area contributed by atoms with E-state index in [1.54, 1.807) is 12.1 Å². The summed E-state index contributed by atoms with van der Waals surface area (Å²) in [6.07, 6.45) is 2.81. The predicted molar refractivity (Wildman–Crippen MR) is 77.2 cm³/mol. The average molecular weight is 300 g/mol. The molecule has 2 rings (SSSR count). The van der Waals surface area contributed by atoms with Gasteiger partial charge in [-0.3, -0.25) is 0 Å². The molecule has 1 saturated heterocycles. The van der Waals surface area contributed by atoms with Crippen molar-refractivity contribution in [1.29, 1.82) is 0 Å². The van der Waals surface area contributed by atoms with Crippen LogP contribution in [0, 0.1) is 11.7 Å². The third-order valence-corrected chi connectivity index (χ3v) is 5.02. The molecule has 0 unspecified atom stereocenters. The minimum atomic E-state index is -3.25. The third kappa shape index (κ3) is 5.19. The molecule has 6 heteroatoms. The lowest BCUT2D eigenvalue weighted by molar-refractivity contribution is 0.365. The van der Waals surface area contributed by atoms with E-state index in [2.05, 4.69) is 10.0 Å². The summed E-state index contributed by atoms with van der Waals surface area (Å²) in [4.78, 5) is 0. The first kappa shape index (κ1) is 15.4. The maximum absolute atomic E-state index is 12.7. The fourth-order valence-corrected chi connectivity index (χ4v) is 3.53. The second-order valence-electron chi connectivity index (χ2n) is 5.25. The fourth-order valence-electron chi connectivity index (χ4n) is 2.36. The molecular formula is C14H21FN2O2S. The lowest BCUT2D eigenvalue weighted by atomic mass is 9.96. The predicted octanol–water partition coefficient (Wildman–Crippen LogP) is 1.63. The summed E-state index contributed by atoms with van der Waals surface area (Å²) in [5.74, 6) is 0.347. The van der Waals surface area contributed by atoms with Crippen LogP contribution in [0.1, 0.15) is 24.8 Å². The van der Waals surface area contributed by atoms with Crippen molar-refractivity contribution in [2.45, 2.75) is 25.8 Å². The summed E-state index contributed by atoms with van der Waals surface area (Å²) in [6.45, 7) is 2.18. The zero-order valence-electron chi connectivity index (χ0n) is 11.4. The Morgan fingerprint density at radius 3 is 2.50 bits per heavy atom. The normalized spacial score (nSPS) is 17.2. The highest BCUT2D eigenvalue weighted by molar-refractivity contribution is 7.89. The molecule has 0 aliphatic carbocycles. The van der Waals surface area contributed by atoms with Gasteiger partial charge in [0.25, 0.3) is 0 Å². The quantitative estimate of drug-likeness (QED) is 0.839. The number of hydrogen-bond acceptors (Lipinski definition) is 3. The molecule has 4 nitrogen and oxygen atoms in total. The Morgan fingerprint density at radius 2 is 1.85 bits per heavy atom. The minimum absolute atomic E-state index is 0.166. The van der Waals surface area contributed by atoms with Gasteiger partial charge in [0.1, 0.15) is 5.82 Å². The van der Waals surface area contributed by atoms with Gasteiger partial charge in [0.05, 0.1) is 5.75 Å². The maximum atomic E-state index is 12.7. The van der Waals surface area contributed by atoms with Crippen molar-refractivity contribution in [3.63, 3.8) is 0 Å². The number of piperidine rings is 1. The molecule has 112 valence electrons. The van der Waals surface area contributed by atoms with E-state index in [9.17, 15) is 12.8 Å². The van der Waals surface area contributed by atoms with Crippen molar-refractivity contribution < 1.29 is 12.8 Å². The number of sulfonamides is 1. The van der Waals surface area contributed by atoms with Crippen LogP contribution in [0.3, 0.4) is 0 Å². The second-order valence-corrected chi connectivity index (χ2v) is 7.17. The van der Waals surface area contributed by atoms with Crippen molar-refractivity contribution in [2.24, 2.45) is 5.92 Å². The van der Waals surface area contributed by atoms with Crippen LogP contribution in [0.15, 0.2) is 24.3 Å². The van der Waals surface area contributed by atoms with Crippen LogP contribution >= 0.6 is 0 Å². The first-order chi connectivity index (χ1) is 9.55. The molecule has 0 amide bonds. The molecule has 20 heavy (non-hydrogen) atoms. The summed E-state index contributed by atoms with van der Waals surface area (Å²) in [5, 5.41) is 3.27. The van der Waals surface area contributed by atoms with Crippen molar-refractivity contribution in [3.05, 3.63) is 35.6 Å². The molecule has 1 aliphatic rings. The summed E-state index contributed by atoms with van der Waals surface area (Å²) in [7, 11) is -3.25. The van der Waals surface area contributed by atoms with Gasteiger partial charge >= 0.3 is 0 Å². The van der Waals surface area contributed by atoms with Crippen LogP contribution in [0.25, 0.3) is 0 Å². The van der Waals surface area contributed by atoms with Crippen LogP contribution in [0.5, 0.6) is 0 Å². The van der Waals surface area contributed by atoms with Gasteiger partial charge in [-0.05, 0) is 56.0 Å². The molecule has 0 radical (unpaired) electrons. The molecule has 1 aromatic carbocycles. The number of benzene rings is 1. The van der Waals surface area contributed by atoms with Gasteiger partial charge in [0, 0.05) is 6.54 Å². The highest BCUT2D eigenvalue weighted by Gasteiger charge is 2.17. The Kier molecular flexibility index (Phi) is 5.51. The largest absolute Gasteiger partial charge is 0.317 e. The van der Waals surface area contributed by atoms with Crippen molar-refractivity contribution in [2.75, 3.05) is 18.8 Å². The van der Waals surface area contributed by atoms with Crippen LogP contribution in [0.4, 0.5) is 4.39 Å². The minimum Gasteiger partial charge on any atom is -0.317 e. The number of halogens is 1. The Morgan fingerprint density at radius 1 is 1.20 bits per heavy atom. The zero-order valence-corrected chi connectivity index (χ0v) is 12.3. The first-order valence-corrected chi connectivity index (χ1v) is 8.63. The topological polar surface area (TPSA) is 58.2 Å². The second kappa shape index (κ2) is 7.15. The van der Waals surface area contributed by atoms with E-state index in [0.29, 0.717) is 12.3 Å². The lowest BCUT2D eigenvalue weighted by Gasteiger charge is -2.22. The molecule has 2 N–H and O–H groups in total. The number of nitrogens with one attached hydrogen (secondary N) is 2. The highest BCUT2D eigenvalue weighted by Crippen LogP contribution is 2.16. The molecule has 0 aromatic heterocycles. The Bertz CT molecular complexity index is 510. The van der Waals surface area contributed by atoms with E-state index in [-0.39, 0.29) is 18.1 Å². The number of hydrogen-bond donors (Lipinski definition) is 2. The van der Waals surface area contributed by atoms with Gasteiger partial charge in [-0.2, -0.15) is 0 Å². The van der Waals surface area contributed by atoms with Crippen LogP contribution in [0.2, 0.25) is 0 Å². The molecule has 1 fully saturated rings. The van der Waals surface area contributed by atoms with E-state index in [0.717, 1.165) is 31.5 Å². The molecule has 1 heterocycles. The Balaban J connectivity index is 1.76. The van der Waals surface area contributed by atoms with Gasteiger partial charge in [0.15, 0.2) is 0 Å². The van der Waals surface area contributed by atoms with E-state index >= 15 is 0 Å². The van der Waals surface area contributed by atoms with Crippen LogP contribution in [-0.2, 0) is 16.6 Å². The Labute approximate surface area is 119 Å². The summed E-state index contributed by atoms with van der Waals surface area (Å²) < 4.78 is 39.1. The number of rotatable bonds is 6. The van der Waals surface area contributed by atoms with Gasteiger partial charge in [-0.15, -0.1) is 0 Å². The maximum Gasteiger partial charge on any atom is 0.211 e. The van der Waals surface area contributed by atoms with Gasteiger partial charge in [-0.1, -0.05) is 12.1 Å². The summed E-state index contributed by atoms with van der Waals surface area (Å²) >= 11 is 0. The monoisotopic (exact) mass is 300 g/mol. The van der Waals surface area contributed by atoms with Gasteiger partial charge in [0.2, 0.25) is 10.0 Å². The molecule has 0 atom stereocenters. The molecule has 0 spiro atoms. The first-order valence-electron chi connectivity index (χ1n) is 6.98. The zero-order chi connectivity index (χ0) is 14.4. The molecule has 1 aliphatic heterocycles. The summed E-state index contributed by atoms with van der Waals surface area (Å²) in [5.41, 5.74) is 0.761. The average Bonchev–Trinajstić information content (AvgIpc) is 2.46. The van der Waals surface area contributed by atoms with Crippen molar-refractivity contribution >= 4 is 10.0 Å². The standard InChI is InChI=1S/C14H21FN2O2S/c15-14-3-1-13(2-4-14)11-17-20(18,19)10-7-12-5-8-16-9-6-12/h1-4,12,16-17H,5-11H2. The van der Waals surface area contributed by atoms with E-state index in [4.69, 9.17) is 0 Å². The Hall–Kier alpha value is -0.980. The van der Waals surface area contributed by atoms with Crippen LogP contribution in [-0.4, -0.2) is 27.3 Å². The molecular weight excluding hydrogens is 279 g/mol.